The minimum atomic E-state index is -1.18. The molecule has 0 aromatic carbocycles. The first-order valence-electron chi connectivity index (χ1n) is 4.60. The standard InChI is InChI=1S/C9H20N2O3/c1-9(10,8(12)13)7-11(2)5-4-6-14-3/h4-7,10H2,1-3H3,(H,12,13). The van der Waals surface area contributed by atoms with Gasteiger partial charge in [-0.2, -0.15) is 0 Å². The van der Waals surface area contributed by atoms with Crippen LogP contribution in [-0.2, 0) is 9.53 Å². The second-order valence-electron chi connectivity index (χ2n) is 3.81. The zero-order valence-electron chi connectivity index (χ0n) is 9.12. The number of carbonyl (C=O) groups is 1. The lowest BCUT2D eigenvalue weighted by Gasteiger charge is -2.26. The van der Waals surface area contributed by atoms with Gasteiger partial charge in [-0.25, -0.2) is 0 Å². The number of likely N-dealkylation sites (N-methyl/N-ethyl adjacent to an activating group) is 1. The lowest BCUT2D eigenvalue weighted by Crippen LogP contribution is -2.53. The summed E-state index contributed by atoms with van der Waals surface area (Å²) in [6, 6.07) is 0. The molecule has 0 spiro atoms. The van der Waals surface area contributed by atoms with Gasteiger partial charge in [-0.1, -0.05) is 0 Å². The predicted molar refractivity (Wildman–Crippen MR) is 54.2 cm³/mol. The fourth-order valence-electron chi connectivity index (χ4n) is 1.19. The van der Waals surface area contributed by atoms with Crippen LogP contribution in [0, 0.1) is 0 Å². The summed E-state index contributed by atoms with van der Waals surface area (Å²) in [5, 5.41) is 8.79. The highest BCUT2D eigenvalue weighted by Crippen LogP contribution is 2.02. The number of methoxy groups -OCH3 is 1. The molecule has 0 aromatic heterocycles. The molecule has 0 aliphatic heterocycles. The highest BCUT2D eigenvalue weighted by Gasteiger charge is 2.28. The van der Waals surface area contributed by atoms with Crippen LogP contribution in [0.1, 0.15) is 13.3 Å². The Morgan fingerprint density at radius 3 is 2.64 bits per heavy atom. The van der Waals surface area contributed by atoms with Crippen LogP contribution in [0.5, 0.6) is 0 Å². The third-order valence-electron chi connectivity index (χ3n) is 1.98. The lowest BCUT2D eigenvalue weighted by atomic mass is 10.0. The Kier molecular flexibility index (Phi) is 5.68. The number of carboxylic acid groups (broad SMARTS) is 1. The summed E-state index contributed by atoms with van der Waals surface area (Å²) in [4.78, 5) is 12.6. The molecule has 0 fully saturated rings. The lowest BCUT2D eigenvalue weighted by molar-refractivity contribution is -0.143. The number of ether oxygens (including phenoxy) is 1. The molecular weight excluding hydrogens is 184 g/mol. The number of nitrogens with zero attached hydrogens (tertiary/aromatic N) is 1. The second-order valence-corrected chi connectivity index (χ2v) is 3.81. The Bertz CT molecular complexity index is 183. The van der Waals surface area contributed by atoms with E-state index in [0.717, 1.165) is 13.0 Å². The number of hydrogen-bond donors (Lipinski definition) is 2. The minimum absolute atomic E-state index is 0.339. The molecule has 0 amide bonds. The van der Waals surface area contributed by atoms with Crippen molar-refractivity contribution < 1.29 is 14.6 Å². The first-order valence-corrected chi connectivity index (χ1v) is 4.60. The molecular formula is C9H20N2O3. The van der Waals surface area contributed by atoms with Gasteiger partial charge in [0.1, 0.15) is 5.54 Å². The van der Waals surface area contributed by atoms with Crippen LogP contribution in [0.15, 0.2) is 0 Å². The summed E-state index contributed by atoms with van der Waals surface area (Å²) >= 11 is 0. The maximum absolute atomic E-state index is 10.7. The van der Waals surface area contributed by atoms with Gasteiger partial charge in [0.2, 0.25) is 0 Å². The fraction of sp³-hybridized carbons (Fsp3) is 0.889. The van der Waals surface area contributed by atoms with E-state index in [4.69, 9.17) is 15.6 Å². The molecule has 5 heteroatoms. The molecule has 0 aliphatic rings. The third kappa shape index (κ3) is 5.16. The van der Waals surface area contributed by atoms with Crippen molar-refractivity contribution in [1.29, 1.82) is 0 Å². The van der Waals surface area contributed by atoms with E-state index in [1.807, 2.05) is 11.9 Å². The molecule has 0 aliphatic carbocycles. The molecule has 0 heterocycles. The Balaban J connectivity index is 3.81. The predicted octanol–water partition coefficient (Wildman–Crippen LogP) is -0.243. The van der Waals surface area contributed by atoms with Crippen molar-refractivity contribution in [2.24, 2.45) is 5.73 Å². The Morgan fingerprint density at radius 1 is 1.64 bits per heavy atom. The van der Waals surface area contributed by atoms with Crippen molar-refractivity contribution in [3.05, 3.63) is 0 Å². The molecule has 0 saturated carbocycles. The van der Waals surface area contributed by atoms with Gasteiger partial charge in [0.25, 0.3) is 0 Å². The summed E-state index contributed by atoms with van der Waals surface area (Å²) in [5.41, 5.74) is 4.41. The zero-order chi connectivity index (χ0) is 11.2. The maximum atomic E-state index is 10.7. The normalized spacial score (nSPS) is 15.5. The van der Waals surface area contributed by atoms with Crippen molar-refractivity contribution in [3.63, 3.8) is 0 Å². The van der Waals surface area contributed by atoms with Crippen LogP contribution in [0.2, 0.25) is 0 Å². The van der Waals surface area contributed by atoms with Crippen LogP contribution >= 0.6 is 0 Å². The van der Waals surface area contributed by atoms with Crippen molar-refractivity contribution in [3.8, 4) is 0 Å². The van der Waals surface area contributed by atoms with Gasteiger partial charge >= 0.3 is 5.97 Å². The Morgan fingerprint density at radius 2 is 2.21 bits per heavy atom. The smallest absolute Gasteiger partial charge is 0.324 e. The van der Waals surface area contributed by atoms with Crippen molar-refractivity contribution in [1.82, 2.24) is 4.90 Å². The molecule has 0 rings (SSSR count). The zero-order valence-corrected chi connectivity index (χ0v) is 9.12. The van der Waals surface area contributed by atoms with E-state index in [1.165, 1.54) is 6.92 Å². The summed E-state index contributed by atoms with van der Waals surface area (Å²) in [6.45, 7) is 3.32. The van der Waals surface area contributed by atoms with Gasteiger partial charge in [-0.05, 0) is 20.4 Å². The number of aliphatic carboxylic acids is 1. The molecule has 0 saturated heterocycles. The molecule has 5 nitrogen and oxygen atoms in total. The second kappa shape index (κ2) is 5.95. The average Bonchev–Trinajstić information content (AvgIpc) is 2.03. The molecule has 0 aromatic rings. The van der Waals surface area contributed by atoms with Crippen molar-refractivity contribution in [2.75, 3.05) is 33.9 Å². The summed E-state index contributed by atoms with van der Waals surface area (Å²) in [6.07, 6.45) is 0.878. The van der Waals surface area contributed by atoms with Gasteiger partial charge in [-0.15, -0.1) is 0 Å². The minimum Gasteiger partial charge on any atom is -0.480 e. The van der Waals surface area contributed by atoms with E-state index >= 15 is 0 Å². The monoisotopic (exact) mass is 204 g/mol. The first-order chi connectivity index (χ1) is 6.40. The number of carboxylic acids is 1. The Labute approximate surface area is 84.8 Å². The van der Waals surface area contributed by atoms with Crippen molar-refractivity contribution >= 4 is 5.97 Å². The summed E-state index contributed by atoms with van der Waals surface area (Å²) in [7, 11) is 3.49. The van der Waals surface area contributed by atoms with Gasteiger partial charge < -0.3 is 20.5 Å². The molecule has 1 atom stereocenters. The van der Waals surface area contributed by atoms with Gasteiger partial charge in [0.15, 0.2) is 0 Å². The maximum Gasteiger partial charge on any atom is 0.324 e. The van der Waals surface area contributed by atoms with E-state index in [0.29, 0.717) is 13.2 Å². The van der Waals surface area contributed by atoms with E-state index in [-0.39, 0.29) is 0 Å². The van der Waals surface area contributed by atoms with Gasteiger partial charge in [0, 0.05) is 26.8 Å². The van der Waals surface area contributed by atoms with Gasteiger partial charge in [0.05, 0.1) is 0 Å². The molecule has 84 valence electrons. The molecule has 14 heavy (non-hydrogen) atoms. The van der Waals surface area contributed by atoms with Crippen LogP contribution in [0.25, 0.3) is 0 Å². The molecule has 3 N–H and O–H groups in total. The highest BCUT2D eigenvalue weighted by atomic mass is 16.5. The van der Waals surface area contributed by atoms with Crippen LogP contribution in [-0.4, -0.2) is 55.4 Å². The molecule has 1 unspecified atom stereocenters. The largest absolute Gasteiger partial charge is 0.480 e. The summed E-state index contributed by atoms with van der Waals surface area (Å²) in [5.74, 6) is -0.976. The van der Waals surface area contributed by atoms with Gasteiger partial charge in [-0.3, -0.25) is 4.79 Å². The first kappa shape index (κ1) is 13.4. The number of rotatable bonds is 7. The number of nitrogens with two attached hydrogens (primary N) is 1. The molecule has 0 radical (unpaired) electrons. The van der Waals surface area contributed by atoms with Crippen LogP contribution < -0.4 is 5.73 Å². The highest BCUT2D eigenvalue weighted by molar-refractivity contribution is 5.78. The topological polar surface area (TPSA) is 75.8 Å². The number of hydrogen-bond acceptors (Lipinski definition) is 4. The van der Waals surface area contributed by atoms with Crippen LogP contribution in [0.4, 0.5) is 0 Å². The summed E-state index contributed by atoms with van der Waals surface area (Å²) < 4.78 is 4.90. The van der Waals surface area contributed by atoms with E-state index < -0.39 is 11.5 Å². The average molecular weight is 204 g/mol. The quantitative estimate of drug-likeness (QED) is 0.560. The SMILES string of the molecule is COCCCN(C)CC(C)(N)C(=O)O. The van der Waals surface area contributed by atoms with E-state index in [1.54, 1.807) is 7.11 Å². The van der Waals surface area contributed by atoms with E-state index in [2.05, 4.69) is 0 Å². The van der Waals surface area contributed by atoms with E-state index in [9.17, 15) is 4.79 Å². The fourth-order valence-corrected chi connectivity index (χ4v) is 1.19. The third-order valence-corrected chi connectivity index (χ3v) is 1.98. The molecule has 0 bridgehead atoms. The Hall–Kier alpha value is -0.650. The van der Waals surface area contributed by atoms with Crippen molar-refractivity contribution in [2.45, 2.75) is 18.9 Å². The van der Waals surface area contributed by atoms with Crippen LogP contribution in [0.3, 0.4) is 0 Å².